The Morgan fingerprint density at radius 2 is 1.31 bits per heavy atom. The van der Waals surface area contributed by atoms with Crippen molar-refractivity contribution in [1.82, 2.24) is 0 Å². The molecule has 1 N–H and O–H groups in total. The topological polar surface area (TPSA) is 91.3 Å². The molecule has 7 heteroatoms. The monoisotopic (exact) mass is 534 g/mol. The largest absolute Gasteiger partial charge is 0.488 e. The summed E-state index contributed by atoms with van der Waals surface area (Å²) >= 11 is 0. The molecule has 0 aliphatic rings. The highest BCUT2D eigenvalue weighted by Crippen LogP contribution is 2.30. The zero-order valence-corrected chi connectivity index (χ0v) is 23.7. The fourth-order valence-electron chi connectivity index (χ4n) is 4.35. The molecule has 0 radical (unpaired) electrons. The van der Waals surface area contributed by atoms with Crippen molar-refractivity contribution in [1.29, 1.82) is 0 Å². The van der Waals surface area contributed by atoms with Gasteiger partial charge < -0.3 is 24.1 Å². The van der Waals surface area contributed by atoms with Crippen molar-refractivity contribution in [2.24, 2.45) is 0 Å². The molecule has 0 fully saturated rings. The van der Waals surface area contributed by atoms with Crippen molar-refractivity contribution in [3.63, 3.8) is 0 Å². The molecule has 0 aliphatic carbocycles. The second-order valence-corrected chi connectivity index (χ2v) is 10.9. The van der Waals surface area contributed by atoms with Gasteiger partial charge in [0, 0.05) is 6.42 Å². The van der Waals surface area contributed by atoms with Crippen LogP contribution in [0.3, 0.4) is 0 Å². The number of rotatable bonds is 11. The van der Waals surface area contributed by atoms with E-state index >= 15 is 0 Å². The normalized spacial score (nSPS) is 12.5. The summed E-state index contributed by atoms with van der Waals surface area (Å²) in [5, 5.41) is 9.86. The maximum absolute atomic E-state index is 12.7. The molecule has 3 aromatic carbocycles. The number of benzene rings is 3. The van der Waals surface area contributed by atoms with Crippen molar-refractivity contribution >= 4 is 11.9 Å². The van der Waals surface area contributed by atoms with Gasteiger partial charge in [0.15, 0.2) is 6.29 Å². The summed E-state index contributed by atoms with van der Waals surface area (Å²) in [5.74, 6) is 0.350. The van der Waals surface area contributed by atoms with Gasteiger partial charge in [-0.15, -0.1) is 0 Å². The fraction of sp³-hybridized carbons (Fsp3) is 0.375. The van der Waals surface area contributed by atoms with Gasteiger partial charge in [-0.3, -0.25) is 0 Å². The highest BCUT2D eigenvalue weighted by Gasteiger charge is 2.32. The number of hydrogen-bond donors (Lipinski definition) is 1. The predicted molar refractivity (Wildman–Crippen MR) is 150 cm³/mol. The van der Waals surface area contributed by atoms with Crippen molar-refractivity contribution in [2.45, 2.75) is 78.8 Å². The van der Waals surface area contributed by atoms with Gasteiger partial charge in [-0.1, -0.05) is 24.6 Å². The van der Waals surface area contributed by atoms with Crippen LogP contribution in [0.25, 0.3) is 0 Å². The molecule has 39 heavy (non-hydrogen) atoms. The third kappa shape index (κ3) is 8.94. The molecule has 1 unspecified atom stereocenters. The Labute approximate surface area is 230 Å². The van der Waals surface area contributed by atoms with Gasteiger partial charge in [0.2, 0.25) is 0 Å². The summed E-state index contributed by atoms with van der Waals surface area (Å²) in [7, 11) is 0. The van der Waals surface area contributed by atoms with Crippen LogP contribution in [-0.4, -0.2) is 34.5 Å². The molecule has 0 amide bonds. The van der Waals surface area contributed by atoms with Gasteiger partial charge in [-0.25, -0.2) is 9.59 Å². The highest BCUT2D eigenvalue weighted by molar-refractivity contribution is 5.92. The molecule has 1 atom stereocenters. The van der Waals surface area contributed by atoms with Crippen LogP contribution in [0.2, 0.25) is 0 Å². The number of carbonyl (C=O) groups excluding carboxylic acids is 2. The number of hydrogen-bond acceptors (Lipinski definition) is 7. The third-order valence-corrected chi connectivity index (χ3v) is 5.99. The Morgan fingerprint density at radius 3 is 1.87 bits per heavy atom. The van der Waals surface area contributed by atoms with Crippen molar-refractivity contribution in [3.05, 3.63) is 89.0 Å². The average molecular weight is 535 g/mol. The SMILES string of the molecule is CCC(O)OC(C)(C)CC(C)(C)Oc1ccc(C(=O)Oc2ccc(OC(=O)c3ccc(C)cc3)c(C)c2)cc1. The van der Waals surface area contributed by atoms with Crippen LogP contribution < -0.4 is 14.2 Å². The van der Waals surface area contributed by atoms with Gasteiger partial charge in [0.1, 0.15) is 22.8 Å². The number of carbonyl (C=O) groups is 2. The second kappa shape index (κ2) is 12.5. The summed E-state index contributed by atoms with van der Waals surface area (Å²) < 4.78 is 22.9. The number of esters is 2. The predicted octanol–water partition coefficient (Wildman–Crippen LogP) is 6.81. The first-order valence-corrected chi connectivity index (χ1v) is 13.0. The van der Waals surface area contributed by atoms with E-state index in [0.29, 0.717) is 46.8 Å². The lowest BCUT2D eigenvalue weighted by molar-refractivity contribution is -0.186. The Hall–Kier alpha value is -3.68. The standard InChI is InChI=1S/C32H38O7/c1-8-28(33)39-32(6,7)20-31(4,5)38-25-15-13-24(14-16-25)29(34)36-26-17-18-27(22(3)19-26)37-30(35)23-11-9-21(2)10-12-23/h9-19,28,33H,8,20H2,1-7H3. The van der Waals surface area contributed by atoms with Crippen LogP contribution in [-0.2, 0) is 4.74 Å². The quantitative estimate of drug-likeness (QED) is 0.164. The molecule has 208 valence electrons. The Bertz CT molecular complexity index is 1270. The van der Waals surface area contributed by atoms with Crippen LogP contribution in [0, 0.1) is 13.8 Å². The number of ether oxygens (including phenoxy) is 4. The smallest absolute Gasteiger partial charge is 0.343 e. The lowest BCUT2D eigenvalue weighted by Gasteiger charge is -2.36. The van der Waals surface area contributed by atoms with Crippen molar-refractivity contribution in [2.75, 3.05) is 0 Å². The van der Waals surface area contributed by atoms with E-state index in [2.05, 4.69) is 0 Å². The summed E-state index contributed by atoms with van der Waals surface area (Å²) in [5.41, 5.74) is 1.36. The minimum atomic E-state index is -0.824. The lowest BCUT2D eigenvalue weighted by Crippen LogP contribution is -2.41. The molecule has 3 rings (SSSR count). The number of aryl methyl sites for hydroxylation is 2. The fourth-order valence-corrected chi connectivity index (χ4v) is 4.35. The molecule has 0 saturated heterocycles. The van der Waals surface area contributed by atoms with Crippen molar-refractivity contribution < 1.29 is 33.6 Å². The summed E-state index contributed by atoms with van der Waals surface area (Å²) in [6.45, 7) is 13.3. The molecule has 7 nitrogen and oxygen atoms in total. The first kappa shape index (κ1) is 29.9. The average Bonchev–Trinajstić information content (AvgIpc) is 2.85. The van der Waals surface area contributed by atoms with Crippen LogP contribution in [0.1, 0.15) is 79.3 Å². The maximum atomic E-state index is 12.7. The summed E-state index contributed by atoms with van der Waals surface area (Å²) in [4.78, 5) is 25.2. The van der Waals surface area contributed by atoms with E-state index in [1.54, 1.807) is 61.5 Å². The minimum Gasteiger partial charge on any atom is -0.488 e. The Morgan fingerprint density at radius 1 is 0.769 bits per heavy atom. The number of aliphatic hydroxyl groups is 1. The van der Waals surface area contributed by atoms with E-state index in [-0.39, 0.29) is 0 Å². The molecule has 0 bridgehead atoms. The first-order chi connectivity index (χ1) is 18.3. The maximum Gasteiger partial charge on any atom is 0.343 e. The van der Waals surface area contributed by atoms with Crippen molar-refractivity contribution in [3.8, 4) is 17.2 Å². The molecule has 0 spiro atoms. The molecule has 0 heterocycles. The van der Waals surface area contributed by atoms with Crippen LogP contribution in [0.4, 0.5) is 0 Å². The van der Waals surface area contributed by atoms with Gasteiger partial charge in [0.05, 0.1) is 16.7 Å². The first-order valence-electron chi connectivity index (χ1n) is 13.0. The van der Waals surface area contributed by atoms with E-state index in [4.69, 9.17) is 18.9 Å². The Kier molecular flexibility index (Phi) is 9.54. The molecular weight excluding hydrogens is 496 g/mol. The third-order valence-electron chi connectivity index (χ3n) is 5.99. The van der Waals surface area contributed by atoms with E-state index in [1.165, 1.54) is 0 Å². The molecule has 3 aromatic rings. The zero-order valence-electron chi connectivity index (χ0n) is 23.7. The van der Waals surface area contributed by atoms with Gasteiger partial charge in [0.25, 0.3) is 0 Å². The van der Waals surface area contributed by atoms with Gasteiger partial charge >= 0.3 is 11.9 Å². The van der Waals surface area contributed by atoms with Crippen LogP contribution >= 0.6 is 0 Å². The molecule has 0 aliphatic heterocycles. The van der Waals surface area contributed by atoms with Gasteiger partial charge in [-0.2, -0.15) is 0 Å². The lowest BCUT2D eigenvalue weighted by atomic mass is 9.92. The molecule has 0 aromatic heterocycles. The van der Waals surface area contributed by atoms with Gasteiger partial charge in [-0.05, 0) is 108 Å². The highest BCUT2D eigenvalue weighted by atomic mass is 16.6. The van der Waals surface area contributed by atoms with E-state index in [0.717, 1.165) is 5.56 Å². The summed E-state index contributed by atoms with van der Waals surface area (Å²) in [6.07, 6.45) is 0.221. The van der Waals surface area contributed by atoms with Crippen LogP contribution in [0.15, 0.2) is 66.7 Å². The van der Waals surface area contributed by atoms with Crippen LogP contribution in [0.5, 0.6) is 17.2 Å². The molecular formula is C32H38O7. The molecule has 0 saturated carbocycles. The zero-order chi connectivity index (χ0) is 28.8. The van der Waals surface area contributed by atoms with E-state index in [9.17, 15) is 14.7 Å². The Balaban J connectivity index is 1.59. The van der Waals surface area contributed by atoms with E-state index in [1.807, 2.05) is 53.7 Å². The second-order valence-electron chi connectivity index (χ2n) is 10.9. The summed E-state index contributed by atoms with van der Waals surface area (Å²) in [6, 6.07) is 18.7. The van der Waals surface area contributed by atoms with E-state index < -0.39 is 29.4 Å². The number of aliphatic hydroxyl groups excluding tert-OH is 1. The minimum absolute atomic E-state index is 0.339.